The van der Waals surface area contributed by atoms with Gasteiger partial charge in [-0.3, -0.25) is 4.79 Å². The number of fused-ring (bicyclic) bond motifs is 1. The zero-order valence-corrected chi connectivity index (χ0v) is 13.6. The van der Waals surface area contributed by atoms with E-state index in [0.717, 1.165) is 23.1 Å². The number of Topliss-reactive ketones (excluding diaryl/α,β-unsaturated/α-hetero) is 1. The summed E-state index contributed by atoms with van der Waals surface area (Å²) in [5.74, 6) is 0.846. The number of carbonyl (C=O) groups is 1. The van der Waals surface area contributed by atoms with Crippen molar-refractivity contribution in [3.8, 4) is 5.75 Å². The van der Waals surface area contributed by atoms with E-state index in [1.807, 2.05) is 32.0 Å². The lowest BCUT2D eigenvalue weighted by Crippen LogP contribution is -2.00. The van der Waals surface area contributed by atoms with E-state index in [1.54, 1.807) is 6.08 Å². The Balaban J connectivity index is 2.00. The summed E-state index contributed by atoms with van der Waals surface area (Å²) in [6, 6.07) is 9.94. The van der Waals surface area contributed by atoms with Crippen LogP contribution in [0.2, 0.25) is 5.02 Å². The van der Waals surface area contributed by atoms with Gasteiger partial charge in [-0.05, 0) is 54.7 Å². The summed E-state index contributed by atoms with van der Waals surface area (Å²) in [6.45, 7) is 5.88. The van der Waals surface area contributed by atoms with E-state index in [0.29, 0.717) is 22.1 Å². The molecule has 0 amide bonds. The van der Waals surface area contributed by atoms with Crippen molar-refractivity contribution in [3.05, 3.63) is 68.9 Å². The highest BCUT2D eigenvalue weighted by molar-refractivity contribution is 6.33. The minimum absolute atomic E-state index is 0.103. The molecule has 3 rings (SSSR count). The third-order valence-corrected chi connectivity index (χ3v) is 4.58. The van der Waals surface area contributed by atoms with Gasteiger partial charge in [-0.25, -0.2) is 0 Å². The molecule has 22 heavy (non-hydrogen) atoms. The summed E-state index contributed by atoms with van der Waals surface area (Å²) >= 11 is 6.24. The second-order valence-electron chi connectivity index (χ2n) is 5.54. The third-order valence-electron chi connectivity index (χ3n) is 4.00. The molecular formula is C19H17ClO2. The first-order valence-electron chi connectivity index (χ1n) is 7.34. The van der Waals surface area contributed by atoms with Crippen LogP contribution in [0.15, 0.2) is 36.1 Å². The Morgan fingerprint density at radius 3 is 2.50 bits per heavy atom. The molecule has 0 radical (unpaired) electrons. The Kier molecular flexibility index (Phi) is 3.79. The molecule has 0 fully saturated rings. The predicted molar refractivity (Wildman–Crippen MR) is 89.7 cm³/mol. The molecule has 0 saturated heterocycles. The van der Waals surface area contributed by atoms with Gasteiger partial charge in [-0.2, -0.15) is 0 Å². The van der Waals surface area contributed by atoms with Crippen LogP contribution in [0, 0.1) is 13.8 Å². The molecule has 0 aromatic heterocycles. The van der Waals surface area contributed by atoms with Gasteiger partial charge in [0.1, 0.15) is 5.75 Å². The number of aryl methyl sites for hydroxylation is 2. The number of benzene rings is 2. The molecule has 0 aliphatic carbocycles. The van der Waals surface area contributed by atoms with Crippen LogP contribution >= 0.6 is 11.6 Å². The van der Waals surface area contributed by atoms with Crippen molar-refractivity contribution < 1.29 is 9.53 Å². The molecule has 0 unspecified atom stereocenters. The van der Waals surface area contributed by atoms with Crippen LogP contribution in [0.5, 0.6) is 5.75 Å². The molecule has 2 nitrogen and oxygen atoms in total. The maximum atomic E-state index is 12.6. The summed E-state index contributed by atoms with van der Waals surface area (Å²) in [7, 11) is 0. The van der Waals surface area contributed by atoms with E-state index in [-0.39, 0.29) is 5.78 Å². The molecule has 2 aromatic carbocycles. The minimum atomic E-state index is -0.103. The lowest BCUT2D eigenvalue weighted by molar-refractivity contribution is 0.101. The molecule has 1 aliphatic rings. The number of halogens is 1. The van der Waals surface area contributed by atoms with Gasteiger partial charge in [-0.1, -0.05) is 42.8 Å². The second kappa shape index (κ2) is 5.62. The van der Waals surface area contributed by atoms with E-state index in [1.165, 1.54) is 5.56 Å². The zero-order valence-electron chi connectivity index (χ0n) is 12.9. The first-order valence-corrected chi connectivity index (χ1v) is 7.72. The SMILES string of the molecule is CCc1ccc(/C=C2\Oc3cc(C)c(Cl)c(C)c3C2=O)cc1. The van der Waals surface area contributed by atoms with Gasteiger partial charge in [-0.15, -0.1) is 0 Å². The normalized spacial score (nSPS) is 15.1. The molecule has 0 N–H and O–H groups in total. The Bertz CT molecular complexity index is 786. The number of ether oxygens (including phenoxy) is 1. The van der Waals surface area contributed by atoms with Crippen LogP contribution in [0.4, 0.5) is 0 Å². The summed E-state index contributed by atoms with van der Waals surface area (Å²) in [6.07, 6.45) is 2.78. The molecule has 0 bridgehead atoms. The van der Waals surface area contributed by atoms with Crippen LogP contribution in [-0.4, -0.2) is 5.78 Å². The van der Waals surface area contributed by atoms with Crippen molar-refractivity contribution in [1.29, 1.82) is 0 Å². The molecule has 0 atom stereocenters. The number of allylic oxidation sites excluding steroid dienone is 1. The van der Waals surface area contributed by atoms with Crippen molar-refractivity contribution in [1.82, 2.24) is 0 Å². The zero-order chi connectivity index (χ0) is 15.9. The lowest BCUT2D eigenvalue weighted by atomic mass is 10.0. The topological polar surface area (TPSA) is 26.3 Å². The highest BCUT2D eigenvalue weighted by Gasteiger charge is 2.30. The molecule has 1 heterocycles. The van der Waals surface area contributed by atoms with Crippen LogP contribution < -0.4 is 4.74 Å². The van der Waals surface area contributed by atoms with Gasteiger partial charge in [0.2, 0.25) is 5.78 Å². The Morgan fingerprint density at radius 2 is 1.86 bits per heavy atom. The molecular weight excluding hydrogens is 296 g/mol. The molecule has 3 heteroatoms. The average Bonchev–Trinajstić information content (AvgIpc) is 2.82. The van der Waals surface area contributed by atoms with Gasteiger partial charge in [0.15, 0.2) is 5.76 Å². The predicted octanol–water partition coefficient (Wildman–Crippen LogP) is 5.14. The lowest BCUT2D eigenvalue weighted by Gasteiger charge is -2.05. The molecule has 1 aliphatic heterocycles. The average molecular weight is 313 g/mol. The van der Waals surface area contributed by atoms with E-state index < -0.39 is 0 Å². The fraction of sp³-hybridized carbons (Fsp3) is 0.211. The maximum Gasteiger partial charge on any atom is 0.232 e. The van der Waals surface area contributed by atoms with Crippen molar-refractivity contribution in [2.75, 3.05) is 0 Å². The summed E-state index contributed by atoms with van der Waals surface area (Å²) < 4.78 is 5.75. The highest BCUT2D eigenvalue weighted by atomic mass is 35.5. The highest BCUT2D eigenvalue weighted by Crippen LogP contribution is 2.39. The van der Waals surface area contributed by atoms with Gasteiger partial charge in [0.05, 0.1) is 5.56 Å². The number of carbonyl (C=O) groups excluding carboxylic acids is 1. The van der Waals surface area contributed by atoms with Crippen LogP contribution in [-0.2, 0) is 6.42 Å². The van der Waals surface area contributed by atoms with E-state index in [2.05, 4.69) is 19.1 Å². The van der Waals surface area contributed by atoms with Crippen LogP contribution in [0.25, 0.3) is 6.08 Å². The first-order chi connectivity index (χ1) is 10.5. The fourth-order valence-electron chi connectivity index (χ4n) is 2.67. The Morgan fingerprint density at radius 1 is 1.18 bits per heavy atom. The molecule has 2 aromatic rings. The standard InChI is InChI=1S/C19H17ClO2/c1-4-13-5-7-14(8-6-13)10-16-19(21)17-12(3)18(20)11(2)9-15(17)22-16/h5-10H,4H2,1-3H3/b16-10-. The van der Waals surface area contributed by atoms with E-state index in [4.69, 9.17) is 16.3 Å². The van der Waals surface area contributed by atoms with Gasteiger partial charge < -0.3 is 4.74 Å². The Hall–Kier alpha value is -2.06. The van der Waals surface area contributed by atoms with Crippen molar-refractivity contribution in [3.63, 3.8) is 0 Å². The number of ketones is 1. The quantitative estimate of drug-likeness (QED) is 0.718. The summed E-state index contributed by atoms with van der Waals surface area (Å²) in [5.41, 5.74) is 4.49. The summed E-state index contributed by atoms with van der Waals surface area (Å²) in [4.78, 5) is 12.6. The van der Waals surface area contributed by atoms with Gasteiger partial charge in [0, 0.05) is 5.02 Å². The molecule has 0 spiro atoms. The second-order valence-corrected chi connectivity index (χ2v) is 5.92. The smallest absolute Gasteiger partial charge is 0.232 e. The first kappa shape index (κ1) is 14.9. The van der Waals surface area contributed by atoms with E-state index in [9.17, 15) is 4.79 Å². The monoisotopic (exact) mass is 312 g/mol. The number of rotatable bonds is 2. The molecule has 112 valence electrons. The third kappa shape index (κ3) is 2.44. The van der Waals surface area contributed by atoms with Gasteiger partial charge >= 0.3 is 0 Å². The Labute approximate surface area is 135 Å². The fourth-order valence-corrected chi connectivity index (χ4v) is 2.82. The largest absolute Gasteiger partial charge is 0.452 e. The van der Waals surface area contributed by atoms with Crippen molar-refractivity contribution >= 4 is 23.5 Å². The number of hydrogen-bond donors (Lipinski definition) is 0. The maximum absolute atomic E-state index is 12.6. The minimum Gasteiger partial charge on any atom is -0.452 e. The van der Waals surface area contributed by atoms with Crippen LogP contribution in [0.1, 0.15) is 39.5 Å². The number of hydrogen-bond acceptors (Lipinski definition) is 2. The van der Waals surface area contributed by atoms with Crippen molar-refractivity contribution in [2.45, 2.75) is 27.2 Å². The molecule has 0 saturated carbocycles. The van der Waals surface area contributed by atoms with Crippen LogP contribution in [0.3, 0.4) is 0 Å². The van der Waals surface area contributed by atoms with E-state index >= 15 is 0 Å². The summed E-state index contributed by atoms with van der Waals surface area (Å²) in [5, 5.41) is 0.629. The van der Waals surface area contributed by atoms with Crippen molar-refractivity contribution in [2.24, 2.45) is 0 Å². The van der Waals surface area contributed by atoms with Gasteiger partial charge in [0.25, 0.3) is 0 Å².